The van der Waals surface area contributed by atoms with Gasteiger partial charge in [-0.3, -0.25) is 0 Å². The maximum absolute atomic E-state index is 2.43. The Balaban J connectivity index is 1.96. The quantitative estimate of drug-likeness (QED) is 0.482. The summed E-state index contributed by atoms with van der Waals surface area (Å²) >= 11 is 0. The topological polar surface area (TPSA) is 0 Å². The fourth-order valence-corrected chi connectivity index (χ4v) is 2.68. The van der Waals surface area contributed by atoms with Crippen LogP contribution in [0.1, 0.15) is 39.5 Å². The maximum Gasteiger partial charge on any atom is -0.0383 e. The molecule has 0 bridgehead atoms. The van der Waals surface area contributed by atoms with Gasteiger partial charge in [-0.25, -0.2) is 0 Å². The van der Waals surface area contributed by atoms with Crippen LogP contribution in [0.3, 0.4) is 0 Å². The third kappa shape index (κ3) is 0.889. The summed E-state index contributed by atoms with van der Waals surface area (Å²) < 4.78 is 0. The first-order valence-corrected chi connectivity index (χ1v) is 4.77. The highest BCUT2D eigenvalue weighted by Crippen LogP contribution is 2.48. The monoisotopic (exact) mass is 138 g/mol. The molecule has 4 unspecified atom stereocenters. The zero-order chi connectivity index (χ0) is 7.14. The first-order chi connectivity index (χ1) is 4.77. The van der Waals surface area contributed by atoms with E-state index >= 15 is 0 Å². The van der Waals surface area contributed by atoms with Gasteiger partial charge in [-0.05, 0) is 49.4 Å². The summed E-state index contributed by atoms with van der Waals surface area (Å²) in [6.07, 6.45) is 6.15. The van der Waals surface area contributed by atoms with Crippen molar-refractivity contribution < 1.29 is 0 Å². The van der Waals surface area contributed by atoms with Crippen molar-refractivity contribution in [3.05, 3.63) is 0 Å². The van der Waals surface area contributed by atoms with Crippen molar-refractivity contribution in [2.45, 2.75) is 39.5 Å². The molecule has 4 atom stereocenters. The van der Waals surface area contributed by atoms with Crippen LogP contribution in [-0.2, 0) is 0 Å². The van der Waals surface area contributed by atoms with Gasteiger partial charge in [0, 0.05) is 0 Å². The first kappa shape index (κ1) is 6.69. The van der Waals surface area contributed by atoms with E-state index in [9.17, 15) is 0 Å². The molecule has 0 saturated heterocycles. The number of fused-ring (bicyclic) bond motifs is 1. The van der Waals surface area contributed by atoms with Gasteiger partial charge in [-0.15, -0.1) is 0 Å². The summed E-state index contributed by atoms with van der Waals surface area (Å²) in [6.45, 7) is 4.86. The molecule has 58 valence electrons. The van der Waals surface area contributed by atoms with E-state index in [0.717, 1.165) is 23.7 Å². The number of hydrogen-bond donors (Lipinski definition) is 0. The van der Waals surface area contributed by atoms with Crippen LogP contribution in [0.4, 0.5) is 0 Å². The normalized spacial score (nSPS) is 53.4. The molecule has 0 N–H and O–H groups in total. The standard InChI is InChI=1S/C10H18/c1-7-5-9-3-4-10(9)6-8(7)2/h7-10H,3-6H2,1-2H3. The molecule has 2 aliphatic carbocycles. The second-order valence-corrected chi connectivity index (χ2v) is 4.52. The molecule has 0 aromatic rings. The lowest BCUT2D eigenvalue weighted by atomic mass is 9.60. The molecule has 0 heterocycles. The van der Waals surface area contributed by atoms with Crippen LogP contribution in [0.5, 0.6) is 0 Å². The van der Waals surface area contributed by atoms with Gasteiger partial charge in [0.25, 0.3) is 0 Å². The van der Waals surface area contributed by atoms with E-state index in [-0.39, 0.29) is 0 Å². The lowest BCUT2D eigenvalue weighted by Crippen LogP contribution is -2.35. The van der Waals surface area contributed by atoms with Gasteiger partial charge >= 0.3 is 0 Å². The van der Waals surface area contributed by atoms with Crippen LogP contribution in [0.2, 0.25) is 0 Å². The first-order valence-electron chi connectivity index (χ1n) is 4.77. The van der Waals surface area contributed by atoms with Crippen LogP contribution < -0.4 is 0 Å². The second-order valence-electron chi connectivity index (χ2n) is 4.52. The van der Waals surface area contributed by atoms with Crippen molar-refractivity contribution in [2.24, 2.45) is 23.7 Å². The molecule has 0 amide bonds. The van der Waals surface area contributed by atoms with Gasteiger partial charge in [0.15, 0.2) is 0 Å². The van der Waals surface area contributed by atoms with Crippen LogP contribution in [0.15, 0.2) is 0 Å². The predicted octanol–water partition coefficient (Wildman–Crippen LogP) is 3.08. The van der Waals surface area contributed by atoms with Gasteiger partial charge in [0.1, 0.15) is 0 Å². The molecule has 0 aliphatic heterocycles. The minimum Gasteiger partial charge on any atom is -0.0622 e. The van der Waals surface area contributed by atoms with Gasteiger partial charge < -0.3 is 0 Å². The minimum absolute atomic E-state index is 1.02. The van der Waals surface area contributed by atoms with Crippen molar-refractivity contribution in [1.82, 2.24) is 0 Å². The molecule has 0 nitrogen and oxygen atoms in total. The van der Waals surface area contributed by atoms with E-state index in [1.54, 1.807) is 12.8 Å². The Morgan fingerprint density at radius 1 is 0.800 bits per heavy atom. The molecule has 2 fully saturated rings. The van der Waals surface area contributed by atoms with Gasteiger partial charge in [0.2, 0.25) is 0 Å². The highest BCUT2D eigenvalue weighted by molar-refractivity contribution is 4.88. The second kappa shape index (κ2) is 2.25. The highest BCUT2D eigenvalue weighted by atomic mass is 14.4. The summed E-state index contributed by atoms with van der Waals surface area (Å²) in [5.74, 6) is 4.32. The van der Waals surface area contributed by atoms with Crippen molar-refractivity contribution in [3.63, 3.8) is 0 Å². The van der Waals surface area contributed by atoms with Gasteiger partial charge in [-0.1, -0.05) is 13.8 Å². The minimum atomic E-state index is 1.02. The van der Waals surface area contributed by atoms with E-state index in [4.69, 9.17) is 0 Å². The van der Waals surface area contributed by atoms with Crippen LogP contribution in [-0.4, -0.2) is 0 Å². The Bertz CT molecular complexity index is 108. The Morgan fingerprint density at radius 3 is 1.50 bits per heavy atom. The molecule has 0 spiro atoms. The largest absolute Gasteiger partial charge is 0.0622 e. The molecule has 0 radical (unpaired) electrons. The maximum atomic E-state index is 2.43. The van der Waals surface area contributed by atoms with E-state index in [0.29, 0.717) is 0 Å². The average molecular weight is 138 g/mol. The lowest BCUT2D eigenvalue weighted by Gasteiger charge is -2.46. The summed E-state index contributed by atoms with van der Waals surface area (Å²) in [4.78, 5) is 0. The molecule has 2 aliphatic rings. The van der Waals surface area contributed by atoms with Crippen molar-refractivity contribution in [3.8, 4) is 0 Å². The number of hydrogen-bond acceptors (Lipinski definition) is 0. The highest BCUT2D eigenvalue weighted by Gasteiger charge is 2.38. The lowest BCUT2D eigenvalue weighted by molar-refractivity contribution is 0.0492. The Morgan fingerprint density at radius 2 is 1.20 bits per heavy atom. The Hall–Kier alpha value is 0. The SMILES string of the molecule is CC1CC2CCC2CC1C. The fraction of sp³-hybridized carbons (Fsp3) is 1.00. The van der Waals surface area contributed by atoms with E-state index in [1.807, 2.05) is 0 Å². The van der Waals surface area contributed by atoms with Gasteiger partial charge in [0.05, 0.1) is 0 Å². The summed E-state index contributed by atoms with van der Waals surface area (Å²) in [6, 6.07) is 0. The van der Waals surface area contributed by atoms with Crippen LogP contribution >= 0.6 is 0 Å². The molecular formula is C10H18. The van der Waals surface area contributed by atoms with E-state index in [2.05, 4.69) is 13.8 Å². The average Bonchev–Trinajstić information content (AvgIpc) is 1.89. The molecule has 10 heavy (non-hydrogen) atoms. The molecular weight excluding hydrogens is 120 g/mol. The molecule has 2 saturated carbocycles. The van der Waals surface area contributed by atoms with Crippen LogP contribution in [0.25, 0.3) is 0 Å². The van der Waals surface area contributed by atoms with Crippen LogP contribution in [0, 0.1) is 23.7 Å². The van der Waals surface area contributed by atoms with E-state index in [1.165, 1.54) is 12.8 Å². The third-order valence-corrected chi connectivity index (χ3v) is 3.90. The molecule has 0 aromatic carbocycles. The molecule has 2 rings (SSSR count). The summed E-state index contributed by atoms with van der Waals surface area (Å²) in [7, 11) is 0. The molecule has 0 aromatic heterocycles. The Kier molecular flexibility index (Phi) is 1.51. The zero-order valence-electron chi connectivity index (χ0n) is 7.14. The van der Waals surface area contributed by atoms with E-state index < -0.39 is 0 Å². The predicted molar refractivity (Wildman–Crippen MR) is 43.8 cm³/mol. The Labute approximate surface area is 64.0 Å². The number of rotatable bonds is 0. The molecule has 0 heteroatoms. The van der Waals surface area contributed by atoms with Crippen molar-refractivity contribution in [2.75, 3.05) is 0 Å². The zero-order valence-corrected chi connectivity index (χ0v) is 7.14. The van der Waals surface area contributed by atoms with Gasteiger partial charge in [-0.2, -0.15) is 0 Å². The summed E-state index contributed by atoms with van der Waals surface area (Å²) in [5.41, 5.74) is 0. The fourth-order valence-electron chi connectivity index (χ4n) is 2.68. The van der Waals surface area contributed by atoms with Crippen molar-refractivity contribution in [1.29, 1.82) is 0 Å². The summed E-state index contributed by atoms with van der Waals surface area (Å²) in [5, 5.41) is 0. The smallest absolute Gasteiger partial charge is 0.0383 e. The van der Waals surface area contributed by atoms with Crippen molar-refractivity contribution >= 4 is 0 Å². The third-order valence-electron chi connectivity index (χ3n) is 3.90.